The van der Waals surface area contributed by atoms with Crippen LogP contribution in [0, 0.1) is 0 Å². The maximum absolute atomic E-state index is 10.7. The van der Waals surface area contributed by atoms with Gasteiger partial charge in [0, 0.05) is 7.05 Å². The standard InChI is InChI=1S/C7H6Cl2N2O2/c1-10-5-3(7(12)13)2-4(8)11-6(5)9/h2,10H,1H3,(H,12,13). The number of hydrogen-bond donors (Lipinski definition) is 2. The van der Waals surface area contributed by atoms with Crippen LogP contribution in [0.4, 0.5) is 5.69 Å². The Kier molecular flexibility index (Phi) is 2.95. The fourth-order valence-corrected chi connectivity index (χ4v) is 1.42. The molecular weight excluding hydrogens is 215 g/mol. The van der Waals surface area contributed by atoms with E-state index < -0.39 is 5.97 Å². The van der Waals surface area contributed by atoms with Crippen LogP contribution >= 0.6 is 23.2 Å². The molecule has 6 heteroatoms. The minimum absolute atomic E-state index is 0.00694. The Hall–Kier alpha value is -1.00. The van der Waals surface area contributed by atoms with Gasteiger partial charge >= 0.3 is 5.97 Å². The minimum Gasteiger partial charge on any atom is -0.478 e. The van der Waals surface area contributed by atoms with Gasteiger partial charge in [0.15, 0.2) is 5.15 Å². The van der Waals surface area contributed by atoms with Crippen LogP contribution in [0.1, 0.15) is 10.4 Å². The molecule has 0 aliphatic carbocycles. The first-order chi connectivity index (χ1) is 6.06. The number of nitrogens with zero attached hydrogens (tertiary/aromatic N) is 1. The monoisotopic (exact) mass is 220 g/mol. The summed E-state index contributed by atoms with van der Waals surface area (Å²) < 4.78 is 0. The van der Waals surface area contributed by atoms with Crippen LogP contribution in [0.2, 0.25) is 10.3 Å². The fourth-order valence-electron chi connectivity index (χ4n) is 0.891. The summed E-state index contributed by atoms with van der Waals surface area (Å²) in [5.74, 6) is -1.10. The molecule has 0 aliphatic heterocycles. The number of anilines is 1. The average molecular weight is 221 g/mol. The summed E-state index contributed by atoms with van der Waals surface area (Å²) in [4.78, 5) is 14.4. The Balaban J connectivity index is 3.38. The second kappa shape index (κ2) is 3.81. The first kappa shape index (κ1) is 10.1. The third-order valence-electron chi connectivity index (χ3n) is 1.42. The van der Waals surface area contributed by atoms with Crippen molar-refractivity contribution in [1.29, 1.82) is 0 Å². The predicted molar refractivity (Wildman–Crippen MR) is 50.8 cm³/mol. The van der Waals surface area contributed by atoms with E-state index in [1.54, 1.807) is 7.05 Å². The molecule has 70 valence electrons. The summed E-state index contributed by atoms with van der Waals surface area (Å²) in [5.41, 5.74) is 0.270. The van der Waals surface area contributed by atoms with Crippen molar-refractivity contribution in [1.82, 2.24) is 4.98 Å². The highest BCUT2D eigenvalue weighted by Gasteiger charge is 2.14. The normalized spacial score (nSPS) is 9.77. The number of nitrogens with one attached hydrogen (secondary N) is 1. The van der Waals surface area contributed by atoms with Gasteiger partial charge in [-0.15, -0.1) is 0 Å². The molecule has 0 saturated carbocycles. The Labute approximate surface area is 84.5 Å². The lowest BCUT2D eigenvalue weighted by atomic mass is 10.2. The molecule has 0 aromatic carbocycles. The van der Waals surface area contributed by atoms with E-state index in [1.807, 2.05) is 0 Å². The lowest BCUT2D eigenvalue weighted by molar-refractivity contribution is 0.0698. The maximum atomic E-state index is 10.7. The molecule has 2 N–H and O–H groups in total. The average Bonchev–Trinajstić information content (AvgIpc) is 2.02. The number of carbonyl (C=O) groups is 1. The summed E-state index contributed by atoms with van der Waals surface area (Å²) >= 11 is 11.2. The van der Waals surface area contributed by atoms with Crippen molar-refractivity contribution in [2.45, 2.75) is 0 Å². The van der Waals surface area contributed by atoms with E-state index >= 15 is 0 Å². The quantitative estimate of drug-likeness (QED) is 0.751. The number of rotatable bonds is 2. The van der Waals surface area contributed by atoms with E-state index in [0.29, 0.717) is 0 Å². The lowest BCUT2D eigenvalue weighted by Gasteiger charge is -2.06. The number of aromatic carboxylic acids is 1. The summed E-state index contributed by atoms with van der Waals surface area (Å²) in [7, 11) is 1.56. The fraction of sp³-hybridized carbons (Fsp3) is 0.143. The molecular formula is C7H6Cl2N2O2. The third-order valence-corrected chi connectivity index (χ3v) is 1.89. The molecule has 0 bridgehead atoms. The molecule has 4 nitrogen and oxygen atoms in total. The Bertz CT molecular complexity index is 355. The van der Waals surface area contributed by atoms with Gasteiger partial charge in [0.05, 0.1) is 11.3 Å². The molecule has 0 spiro atoms. The molecule has 0 saturated heterocycles. The van der Waals surface area contributed by atoms with Crippen LogP contribution in [0.3, 0.4) is 0 Å². The number of aromatic nitrogens is 1. The highest BCUT2D eigenvalue weighted by molar-refractivity contribution is 6.35. The van der Waals surface area contributed by atoms with Gasteiger partial charge in [0.25, 0.3) is 0 Å². The van der Waals surface area contributed by atoms with Gasteiger partial charge in [-0.3, -0.25) is 0 Å². The summed E-state index contributed by atoms with van der Waals surface area (Å²) in [6.45, 7) is 0. The van der Waals surface area contributed by atoms with Crippen molar-refractivity contribution in [3.8, 4) is 0 Å². The smallest absolute Gasteiger partial charge is 0.338 e. The van der Waals surface area contributed by atoms with Crippen molar-refractivity contribution < 1.29 is 9.90 Å². The molecule has 1 aromatic rings. The van der Waals surface area contributed by atoms with Crippen molar-refractivity contribution in [3.63, 3.8) is 0 Å². The lowest BCUT2D eigenvalue weighted by Crippen LogP contribution is -2.04. The van der Waals surface area contributed by atoms with Gasteiger partial charge in [-0.05, 0) is 6.07 Å². The van der Waals surface area contributed by atoms with Crippen molar-refractivity contribution in [3.05, 3.63) is 21.9 Å². The zero-order chi connectivity index (χ0) is 10.0. The van der Waals surface area contributed by atoms with Gasteiger partial charge in [0.1, 0.15) is 5.15 Å². The molecule has 0 aliphatic rings. The van der Waals surface area contributed by atoms with Crippen LogP contribution in [0.15, 0.2) is 6.07 Å². The van der Waals surface area contributed by atoms with E-state index in [2.05, 4.69) is 10.3 Å². The van der Waals surface area contributed by atoms with Crippen LogP contribution in [-0.2, 0) is 0 Å². The SMILES string of the molecule is CNc1c(C(=O)O)cc(Cl)nc1Cl. The molecule has 0 radical (unpaired) electrons. The van der Waals surface area contributed by atoms with Gasteiger partial charge < -0.3 is 10.4 Å². The molecule has 1 heterocycles. The molecule has 1 aromatic heterocycles. The van der Waals surface area contributed by atoms with Crippen molar-refractivity contribution >= 4 is 34.9 Å². The number of hydrogen-bond acceptors (Lipinski definition) is 3. The van der Waals surface area contributed by atoms with Crippen molar-refractivity contribution in [2.24, 2.45) is 0 Å². The van der Waals surface area contributed by atoms with E-state index in [0.717, 1.165) is 0 Å². The second-order valence-corrected chi connectivity index (χ2v) is 2.96. The van der Waals surface area contributed by atoms with Gasteiger partial charge in [0.2, 0.25) is 0 Å². The molecule has 0 atom stereocenters. The summed E-state index contributed by atoms with van der Waals surface area (Å²) in [6.07, 6.45) is 0. The van der Waals surface area contributed by atoms with Crippen LogP contribution in [-0.4, -0.2) is 23.1 Å². The number of halogens is 2. The Morgan fingerprint density at radius 1 is 1.62 bits per heavy atom. The Morgan fingerprint density at radius 2 is 2.23 bits per heavy atom. The number of carboxylic acid groups (broad SMARTS) is 1. The van der Waals surface area contributed by atoms with Crippen LogP contribution < -0.4 is 5.32 Å². The molecule has 0 fully saturated rings. The zero-order valence-electron chi connectivity index (χ0n) is 6.64. The molecule has 0 unspecified atom stereocenters. The number of carboxylic acids is 1. The van der Waals surface area contributed by atoms with Crippen molar-refractivity contribution in [2.75, 3.05) is 12.4 Å². The molecule has 13 heavy (non-hydrogen) atoms. The highest BCUT2D eigenvalue weighted by Crippen LogP contribution is 2.26. The Morgan fingerprint density at radius 3 is 2.69 bits per heavy atom. The predicted octanol–water partition coefficient (Wildman–Crippen LogP) is 2.13. The topological polar surface area (TPSA) is 62.2 Å². The zero-order valence-corrected chi connectivity index (χ0v) is 8.15. The molecule has 0 amide bonds. The highest BCUT2D eigenvalue weighted by atomic mass is 35.5. The van der Waals surface area contributed by atoms with E-state index in [9.17, 15) is 4.79 Å². The second-order valence-electron chi connectivity index (χ2n) is 2.21. The first-order valence-corrected chi connectivity index (χ1v) is 4.09. The van der Waals surface area contributed by atoms with E-state index in [1.165, 1.54) is 6.07 Å². The largest absolute Gasteiger partial charge is 0.478 e. The van der Waals surface area contributed by atoms with Gasteiger partial charge in [-0.25, -0.2) is 9.78 Å². The minimum atomic E-state index is -1.10. The summed E-state index contributed by atoms with van der Waals surface area (Å²) in [6, 6.07) is 1.24. The first-order valence-electron chi connectivity index (χ1n) is 3.33. The van der Waals surface area contributed by atoms with Crippen LogP contribution in [0.25, 0.3) is 0 Å². The van der Waals surface area contributed by atoms with E-state index in [-0.39, 0.29) is 21.6 Å². The van der Waals surface area contributed by atoms with Gasteiger partial charge in [-0.2, -0.15) is 0 Å². The number of pyridine rings is 1. The molecule has 1 rings (SSSR count). The van der Waals surface area contributed by atoms with Crippen LogP contribution in [0.5, 0.6) is 0 Å². The van der Waals surface area contributed by atoms with E-state index in [4.69, 9.17) is 28.3 Å². The third kappa shape index (κ3) is 2.02. The maximum Gasteiger partial charge on any atom is 0.338 e. The van der Waals surface area contributed by atoms with Gasteiger partial charge in [-0.1, -0.05) is 23.2 Å². The summed E-state index contributed by atoms with van der Waals surface area (Å²) in [5, 5.41) is 11.5.